The van der Waals surface area contributed by atoms with Crippen molar-refractivity contribution in [2.75, 3.05) is 12.3 Å². The van der Waals surface area contributed by atoms with Gasteiger partial charge in [0.2, 0.25) is 10.0 Å². The molecule has 5 nitrogen and oxygen atoms in total. The lowest BCUT2D eigenvalue weighted by atomic mass is 10.3. The maximum absolute atomic E-state index is 11.3. The zero-order chi connectivity index (χ0) is 11.3. The van der Waals surface area contributed by atoms with E-state index >= 15 is 0 Å². The van der Waals surface area contributed by atoms with Gasteiger partial charge >= 0.3 is 0 Å². The van der Waals surface area contributed by atoms with Crippen molar-refractivity contribution in [1.82, 2.24) is 9.71 Å². The summed E-state index contributed by atoms with van der Waals surface area (Å²) in [7, 11) is -3.10. The van der Waals surface area contributed by atoms with E-state index in [9.17, 15) is 8.42 Å². The highest BCUT2D eigenvalue weighted by Gasteiger charge is 2.08. The van der Waals surface area contributed by atoms with E-state index < -0.39 is 10.0 Å². The molecule has 0 aromatic carbocycles. The third-order valence-electron chi connectivity index (χ3n) is 1.84. The molecular formula is C9H16N2O3S. The van der Waals surface area contributed by atoms with Gasteiger partial charge in [-0.25, -0.2) is 18.1 Å². The topological polar surface area (TPSA) is 72.2 Å². The number of sulfonamides is 1. The van der Waals surface area contributed by atoms with Gasteiger partial charge in [-0.2, -0.15) is 0 Å². The van der Waals surface area contributed by atoms with E-state index in [1.165, 1.54) is 0 Å². The van der Waals surface area contributed by atoms with Crippen LogP contribution in [0.15, 0.2) is 10.7 Å². The lowest BCUT2D eigenvalue weighted by Gasteiger charge is -2.03. The maximum Gasteiger partial charge on any atom is 0.211 e. The normalized spacial score (nSPS) is 11.9. The van der Waals surface area contributed by atoms with Crippen molar-refractivity contribution in [2.45, 2.75) is 26.7 Å². The van der Waals surface area contributed by atoms with E-state index in [-0.39, 0.29) is 5.75 Å². The minimum atomic E-state index is -3.10. The summed E-state index contributed by atoms with van der Waals surface area (Å²) in [4.78, 5) is 4.07. The van der Waals surface area contributed by atoms with Crippen molar-refractivity contribution in [3.63, 3.8) is 0 Å². The van der Waals surface area contributed by atoms with Gasteiger partial charge in [-0.1, -0.05) is 6.92 Å². The van der Waals surface area contributed by atoms with Gasteiger partial charge in [0.25, 0.3) is 0 Å². The van der Waals surface area contributed by atoms with Crippen molar-refractivity contribution >= 4 is 10.0 Å². The fraction of sp³-hybridized carbons (Fsp3) is 0.667. The smallest absolute Gasteiger partial charge is 0.211 e. The quantitative estimate of drug-likeness (QED) is 0.789. The van der Waals surface area contributed by atoms with Crippen molar-refractivity contribution < 1.29 is 12.8 Å². The van der Waals surface area contributed by atoms with Crippen molar-refractivity contribution in [1.29, 1.82) is 0 Å². The Morgan fingerprint density at radius 2 is 2.27 bits per heavy atom. The molecule has 0 saturated heterocycles. The summed E-state index contributed by atoms with van der Waals surface area (Å²) in [5.74, 6) is 0.770. The second-order valence-electron chi connectivity index (χ2n) is 3.32. The lowest BCUT2D eigenvalue weighted by molar-refractivity contribution is 0.520. The Labute approximate surface area is 89.9 Å². The predicted octanol–water partition coefficient (Wildman–Crippen LogP) is 0.855. The van der Waals surface area contributed by atoms with E-state index in [1.54, 1.807) is 13.2 Å². The Hall–Kier alpha value is -0.880. The number of rotatable bonds is 6. The van der Waals surface area contributed by atoms with Crippen LogP contribution >= 0.6 is 0 Å². The lowest BCUT2D eigenvalue weighted by Crippen LogP contribution is -2.28. The first kappa shape index (κ1) is 12.2. The third-order valence-corrected chi connectivity index (χ3v) is 3.43. The molecule has 86 valence electrons. The number of hydrogen-bond acceptors (Lipinski definition) is 4. The van der Waals surface area contributed by atoms with Crippen LogP contribution in [-0.2, 0) is 16.4 Å². The zero-order valence-electron chi connectivity index (χ0n) is 8.99. The molecule has 1 heterocycles. The Bertz CT molecular complexity index is 397. The fourth-order valence-electron chi connectivity index (χ4n) is 1.20. The van der Waals surface area contributed by atoms with Gasteiger partial charge in [0.1, 0.15) is 6.26 Å². The Kier molecular flexibility index (Phi) is 4.28. The SMILES string of the molecule is CCCS(=O)(=O)NCCc1coc(C)n1. The summed E-state index contributed by atoms with van der Waals surface area (Å²) in [6, 6.07) is 0. The van der Waals surface area contributed by atoms with Gasteiger partial charge < -0.3 is 4.42 Å². The number of hydrogen-bond donors (Lipinski definition) is 1. The second kappa shape index (κ2) is 5.27. The van der Waals surface area contributed by atoms with Crippen LogP contribution in [0.1, 0.15) is 24.9 Å². The summed E-state index contributed by atoms with van der Waals surface area (Å²) in [5.41, 5.74) is 0.770. The van der Waals surface area contributed by atoms with Crippen LogP contribution in [0.2, 0.25) is 0 Å². The third kappa shape index (κ3) is 4.44. The molecule has 0 unspecified atom stereocenters. The van der Waals surface area contributed by atoms with Crippen LogP contribution in [-0.4, -0.2) is 25.7 Å². The first-order valence-corrected chi connectivity index (χ1v) is 6.57. The van der Waals surface area contributed by atoms with Crippen LogP contribution < -0.4 is 4.72 Å². The van der Waals surface area contributed by atoms with Gasteiger partial charge in [-0.15, -0.1) is 0 Å². The molecule has 1 rings (SSSR count). The van der Waals surface area contributed by atoms with E-state index in [0.717, 1.165) is 5.69 Å². The van der Waals surface area contributed by atoms with E-state index in [0.29, 0.717) is 25.3 Å². The molecule has 0 fully saturated rings. The highest BCUT2D eigenvalue weighted by molar-refractivity contribution is 7.89. The predicted molar refractivity (Wildman–Crippen MR) is 57.0 cm³/mol. The van der Waals surface area contributed by atoms with Gasteiger partial charge in [0.15, 0.2) is 5.89 Å². The fourth-order valence-corrected chi connectivity index (χ4v) is 2.29. The molecule has 0 aliphatic carbocycles. The molecular weight excluding hydrogens is 216 g/mol. The van der Waals surface area contributed by atoms with E-state index in [2.05, 4.69) is 9.71 Å². The van der Waals surface area contributed by atoms with Crippen LogP contribution in [0.5, 0.6) is 0 Å². The second-order valence-corrected chi connectivity index (χ2v) is 5.25. The summed E-state index contributed by atoms with van der Waals surface area (Å²) in [6.45, 7) is 3.96. The van der Waals surface area contributed by atoms with E-state index in [4.69, 9.17) is 4.42 Å². The number of oxazole rings is 1. The Balaban J connectivity index is 2.33. The number of aryl methyl sites for hydroxylation is 1. The number of aromatic nitrogens is 1. The van der Waals surface area contributed by atoms with Gasteiger partial charge in [-0.05, 0) is 6.42 Å². The molecule has 15 heavy (non-hydrogen) atoms. The van der Waals surface area contributed by atoms with Crippen molar-refractivity contribution in [3.05, 3.63) is 17.8 Å². The van der Waals surface area contributed by atoms with Crippen molar-refractivity contribution in [2.24, 2.45) is 0 Å². The van der Waals surface area contributed by atoms with Crippen LogP contribution in [0.25, 0.3) is 0 Å². The average Bonchev–Trinajstić information content (AvgIpc) is 2.51. The standard InChI is InChI=1S/C9H16N2O3S/c1-3-6-15(12,13)10-5-4-9-7-14-8(2)11-9/h7,10H,3-6H2,1-2H3. The van der Waals surface area contributed by atoms with Gasteiger partial charge in [0, 0.05) is 19.9 Å². The molecule has 0 atom stereocenters. The average molecular weight is 232 g/mol. The monoisotopic (exact) mass is 232 g/mol. The maximum atomic E-state index is 11.3. The van der Waals surface area contributed by atoms with E-state index in [1.807, 2.05) is 6.92 Å². The number of nitrogens with zero attached hydrogens (tertiary/aromatic N) is 1. The summed E-state index contributed by atoms with van der Waals surface area (Å²) < 4.78 is 30.1. The van der Waals surface area contributed by atoms with Crippen LogP contribution in [0.3, 0.4) is 0 Å². The molecule has 0 radical (unpaired) electrons. The number of nitrogens with one attached hydrogen (secondary N) is 1. The molecule has 0 spiro atoms. The first-order valence-electron chi connectivity index (χ1n) is 4.92. The van der Waals surface area contributed by atoms with Gasteiger partial charge in [-0.3, -0.25) is 0 Å². The molecule has 0 aliphatic heterocycles. The zero-order valence-corrected chi connectivity index (χ0v) is 9.80. The molecule has 1 N–H and O–H groups in total. The summed E-state index contributed by atoms with van der Waals surface area (Å²) in [6.07, 6.45) is 2.72. The highest BCUT2D eigenvalue weighted by atomic mass is 32.2. The van der Waals surface area contributed by atoms with Gasteiger partial charge in [0.05, 0.1) is 11.4 Å². The minimum Gasteiger partial charge on any atom is -0.449 e. The first-order chi connectivity index (χ1) is 7.03. The van der Waals surface area contributed by atoms with Crippen LogP contribution in [0, 0.1) is 6.92 Å². The molecule has 1 aromatic rings. The molecule has 6 heteroatoms. The molecule has 0 bridgehead atoms. The molecule has 0 saturated carbocycles. The molecule has 0 amide bonds. The summed E-state index contributed by atoms with van der Waals surface area (Å²) in [5, 5.41) is 0. The van der Waals surface area contributed by atoms with Crippen molar-refractivity contribution in [3.8, 4) is 0 Å². The Morgan fingerprint density at radius 1 is 1.53 bits per heavy atom. The molecule has 0 aliphatic rings. The minimum absolute atomic E-state index is 0.171. The molecule has 1 aromatic heterocycles. The highest BCUT2D eigenvalue weighted by Crippen LogP contribution is 2.00. The largest absolute Gasteiger partial charge is 0.449 e. The van der Waals surface area contributed by atoms with Crippen LogP contribution in [0.4, 0.5) is 0 Å². The Morgan fingerprint density at radius 3 is 2.80 bits per heavy atom. The summed E-state index contributed by atoms with van der Waals surface area (Å²) >= 11 is 0.